The molecule has 0 saturated heterocycles. The number of carbonyl (C=O) groups is 2. The topological polar surface area (TPSA) is 88.1 Å². The van der Waals surface area contributed by atoms with Crippen molar-refractivity contribution in [3.8, 4) is 0 Å². The molecule has 0 aromatic carbocycles. The number of nitrogens with zero attached hydrogens (tertiary/aromatic N) is 1. The molecule has 0 aromatic heterocycles. The molecular formula is C13H17ClN2O5S. The highest BCUT2D eigenvalue weighted by Crippen LogP contribution is 2.39. The molecule has 9 heteroatoms. The van der Waals surface area contributed by atoms with E-state index >= 15 is 0 Å². The monoisotopic (exact) mass is 348 g/mol. The number of halogens is 1. The van der Waals surface area contributed by atoms with Crippen LogP contribution in [0.5, 0.6) is 0 Å². The van der Waals surface area contributed by atoms with Crippen molar-refractivity contribution in [1.29, 1.82) is 0 Å². The average Bonchev–Trinajstić information content (AvgIpc) is 2.47. The minimum atomic E-state index is -2.25. The zero-order valence-electron chi connectivity index (χ0n) is 12.2. The Balaban J connectivity index is 2.40. The van der Waals surface area contributed by atoms with Gasteiger partial charge in [0.05, 0.1) is 13.2 Å². The molecule has 0 aromatic rings. The molecule has 2 heterocycles. The first-order valence-electron chi connectivity index (χ1n) is 6.83. The molecular weight excluding hydrogens is 332 g/mol. The van der Waals surface area contributed by atoms with Crippen LogP contribution >= 0.6 is 23.7 Å². The number of ether oxygens (including phenoxy) is 2. The Hall–Kier alpha value is -1.22. The summed E-state index contributed by atoms with van der Waals surface area (Å²) >= 11 is 7.15. The van der Waals surface area contributed by atoms with Crippen molar-refractivity contribution in [1.82, 2.24) is 9.14 Å². The van der Waals surface area contributed by atoms with E-state index in [1.165, 1.54) is 21.8 Å². The number of rotatable bonds is 4. The fraction of sp³-hybridized carbons (Fsp3) is 0.538. The first kappa shape index (κ1) is 17.1. The van der Waals surface area contributed by atoms with E-state index in [1.807, 2.05) is 0 Å². The van der Waals surface area contributed by atoms with Gasteiger partial charge in [-0.1, -0.05) is 0 Å². The Bertz CT molecular complexity index is 551. The molecule has 122 valence electrons. The van der Waals surface area contributed by atoms with Crippen molar-refractivity contribution in [3.05, 3.63) is 22.3 Å². The third-order valence-electron chi connectivity index (χ3n) is 3.10. The molecule has 0 saturated carbocycles. The smallest absolute Gasteiger partial charge is 0.364 e. The fourth-order valence-electron chi connectivity index (χ4n) is 2.10. The normalized spacial score (nSPS) is 25.0. The molecule has 2 rings (SSSR count). The molecule has 0 spiro atoms. The van der Waals surface area contributed by atoms with Gasteiger partial charge >= 0.3 is 11.9 Å². The summed E-state index contributed by atoms with van der Waals surface area (Å²) in [6.07, 6.45) is 1.92. The Morgan fingerprint density at radius 2 is 2.14 bits per heavy atom. The summed E-state index contributed by atoms with van der Waals surface area (Å²) in [5, 5.41) is 13.4. The van der Waals surface area contributed by atoms with E-state index in [9.17, 15) is 14.7 Å². The van der Waals surface area contributed by atoms with Crippen molar-refractivity contribution in [2.24, 2.45) is 0 Å². The van der Waals surface area contributed by atoms with Gasteiger partial charge in [0.15, 0.2) is 0 Å². The van der Waals surface area contributed by atoms with Gasteiger partial charge in [-0.15, -0.1) is 0 Å². The predicted octanol–water partition coefficient (Wildman–Crippen LogP) is 1.05. The van der Waals surface area contributed by atoms with Crippen LogP contribution in [-0.4, -0.2) is 46.4 Å². The molecule has 7 nitrogen and oxygen atoms in total. The van der Waals surface area contributed by atoms with E-state index in [2.05, 4.69) is 5.32 Å². The molecule has 22 heavy (non-hydrogen) atoms. The van der Waals surface area contributed by atoms with Crippen molar-refractivity contribution in [3.63, 3.8) is 0 Å². The van der Waals surface area contributed by atoms with Gasteiger partial charge in [-0.25, -0.2) is 9.59 Å². The standard InChI is InChI=1S/C13H17ClN2O5S/c1-3-20-11(17)8-7-10-9(5-6-16(14)22-10)15-13(8,19)12(18)21-4-2/h7,15,19H,3-6H2,1-2H3. The largest absolute Gasteiger partial charge is 0.462 e. The van der Waals surface area contributed by atoms with Gasteiger partial charge in [-0.2, -0.15) is 3.82 Å². The number of dihydropyridines is 1. The lowest BCUT2D eigenvalue weighted by molar-refractivity contribution is -0.167. The summed E-state index contributed by atoms with van der Waals surface area (Å²) in [6.45, 7) is 3.98. The minimum absolute atomic E-state index is 0.0784. The zero-order valence-corrected chi connectivity index (χ0v) is 13.8. The van der Waals surface area contributed by atoms with Gasteiger partial charge in [0, 0.05) is 23.6 Å². The van der Waals surface area contributed by atoms with Gasteiger partial charge in [0.1, 0.15) is 5.57 Å². The number of allylic oxidation sites excluding steroid dienone is 1. The molecule has 0 fully saturated rings. The third kappa shape index (κ3) is 3.24. The van der Waals surface area contributed by atoms with Crippen LogP contribution in [0.4, 0.5) is 0 Å². The van der Waals surface area contributed by atoms with Gasteiger partial charge < -0.3 is 19.9 Å². The molecule has 1 atom stereocenters. The Kier molecular flexibility index (Phi) is 5.38. The first-order chi connectivity index (χ1) is 10.4. The molecule has 2 aliphatic heterocycles. The van der Waals surface area contributed by atoms with Gasteiger partial charge in [0.25, 0.3) is 5.72 Å². The van der Waals surface area contributed by atoms with E-state index in [1.54, 1.807) is 13.8 Å². The minimum Gasteiger partial charge on any atom is -0.462 e. The van der Waals surface area contributed by atoms with Gasteiger partial charge in [0.2, 0.25) is 0 Å². The lowest BCUT2D eigenvalue weighted by Gasteiger charge is -2.36. The second-order valence-electron chi connectivity index (χ2n) is 4.56. The van der Waals surface area contributed by atoms with E-state index in [0.717, 1.165) is 0 Å². The maximum absolute atomic E-state index is 12.1. The quantitative estimate of drug-likeness (QED) is 0.443. The van der Waals surface area contributed by atoms with E-state index < -0.39 is 17.7 Å². The Labute approximate surface area is 137 Å². The highest BCUT2D eigenvalue weighted by atomic mass is 35.5. The fourth-order valence-corrected chi connectivity index (χ4v) is 3.24. The molecule has 0 amide bonds. The summed E-state index contributed by atoms with van der Waals surface area (Å²) in [5.41, 5.74) is -1.84. The number of esters is 2. The van der Waals surface area contributed by atoms with E-state index in [0.29, 0.717) is 23.6 Å². The number of carbonyl (C=O) groups excluding carboxylic acids is 2. The number of nitrogens with one attached hydrogen (secondary N) is 1. The van der Waals surface area contributed by atoms with Crippen molar-refractivity contribution < 1.29 is 24.2 Å². The van der Waals surface area contributed by atoms with Crippen molar-refractivity contribution in [2.75, 3.05) is 19.8 Å². The summed E-state index contributed by atoms with van der Waals surface area (Å²) in [6, 6.07) is 0. The zero-order chi connectivity index (χ0) is 16.3. The van der Waals surface area contributed by atoms with Gasteiger partial charge in [-0.05, 0) is 43.6 Å². The van der Waals surface area contributed by atoms with Crippen LogP contribution in [0.2, 0.25) is 0 Å². The maximum Gasteiger partial charge on any atom is 0.364 e. The Morgan fingerprint density at radius 1 is 1.45 bits per heavy atom. The van der Waals surface area contributed by atoms with E-state index in [4.69, 9.17) is 21.3 Å². The van der Waals surface area contributed by atoms with Crippen LogP contribution in [0.15, 0.2) is 22.3 Å². The first-order valence-corrected chi connectivity index (χ1v) is 7.95. The van der Waals surface area contributed by atoms with Crippen LogP contribution in [-0.2, 0) is 19.1 Å². The molecule has 2 aliphatic rings. The number of aliphatic hydroxyl groups is 1. The molecule has 0 bridgehead atoms. The van der Waals surface area contributed by atoms with E-state index in [-0.39, 0.29) is 18.8 Å². The summed E-state index contributed by atoms with van der Waals surface area (Å²) in [4.78, 5) is 24.9. The summed E-state index contributed by atoms with van der Waals surface area (Å²) in [5.74, 6) is -1.73. The second kappa shape index (κ2) is 6.91. The number of hydrogen-bond donors (Lipinski definition) is 2. The lowest BCUT2D eigenvalue weighted by Crippen LogP contribution is -2.57. The highest BCUT2D eigenvalue weighted by molar-refractivity contribution is 8.01. The van der Waals surface area contributed by atoms with Crippen LogP contribution < -0.4 is 5.32 Å². The number of hydrogen-bond acceptors (Lipinski definition) is 8. The SMILES string of the molecule is CCOC(=O)C1=CC2=C(CCN(Cl)S2)NC1(O)C(=O)OCC. The van der Waals surface area contributed by atoms with Crippen LogP contribution in [0.3, 0.4) is 0 Å². The highest BCUT2D eigenvalue weighted by Gasteiger charge is 2.49. The lowest BCUT2D eigenvalue weighted by atomic mass is 9.97. The molecule has 1 unspecified atom stereocenters. The summed E-state index contributed by atoms with van der Waals surface area (Å²) < 4.78 is 11.3. The maximum atomic E-state index is 12.1. The average molecular weight is 349 g/mol. The van der Waals surface area contributed by atoms with Crippen LogP contribution in [0, 0.1) is 0 Å². The summed E-state index contributed by atoms with van der Waals surface area (Å²) in [7, 11) is 0. The predicted molar refractivity (Wildman–Crippen MR) is 81.2 cm³/mol. The second-order valence-corrected chi connectivity index (χ2v) is 6.23. The van der Waals surface area contributed by atoms with Crippen molar-refractivity contribution in [2.45, 2.75) is 26.0 Å². The van der Waals surface area contributed by atoms with Crippen LogP contribution in [0.25, 0.3) is 0 Å². The van der Waals surface area contributed by atoms with Crippen LogP contribution in [0.1, 0.15) is 20.3 Å². The Morgan fingerprint density at radius 3 is 2.77 bits per heavy atom. The molecule has 2 N–H and O–H groups in total. The van der Waals surface area contributed by atoms with Gasteiger partial charge in [-0.3, -0.25) is 0 Å². The third-order valence-corrected chi connectivity index (χ3v) is 4.41. The van der Waals surface area contributed by atoms with Crippen molar-refractivity contribution >= 4 is 35.7 Å². The molecule has 0 aliphatic carbocycles. The molecule has 0 radical (unpaired) electrons.